The Labute approximate surface area is 239 Å². The van der Waals surface area contributed by atoms with Gasteiger partial charge in [-0.05, 0) is 79.2 Å². The third-order valence-electron chi connectivity index (χ3n) is 8.18. The predicted molar refractivity (Wildman–Crippen MR) is 164 cm³/mol. The lowest BCUT2D eigenvalue weighted by molar-refractivity contribution is 0.201. The smallest absolute Gasteiger partial charge is 0.120 e. The molecule has 0 heterocycles. The van der Waals surface area contributed by atoms with E-state index in [0.29, 0.717) is 0 Å². The zero-order chi connectivity index (χ0) is 27.8. The van der Waals surface area contributed by atoms with Gasteiger partial charge in [0.15, 0.2) is 0 Å². The first kappa shape index (κ1) is 25.3. The van der Waals surface area contributed by atoms with Crippen molar-refractivity contribution in [2.75, 3.05) is 26.4 Å². The first-order chi connectivity index (χ1) is 20.3. The van der Waals surface area contributed by atoms with Crippen LogP contribution in [0.5, 0.6) is 11.5 Å². The SMILES string of the molecule is OCCOc1ccc2c(C3(c4cccc5cc(OCCO)ccc45)c4ccccc4-c4ccccc43)cccc2c1. The quantitative estimate of drug-likeness (QED) is 0.217. The highest BCUT2D eigenvalue weighted by Crippen LogP contribution is 2.58. The molecule has 6 aromatic rings. The van der Waals surface area contributed by atoms with E-state index < -0.39 is 5.41 Å². The second-order valence-corrected chi connectivity index (χ2v) is 10.4. The summed E-state index contributed by atoms with van der Waals surface area (Å²) in [7, 11) is 0. The number of ether oxygens (including phenoxy) is 2. The molecule has 0 saturated heterocycles. The monoisotopic (exact) mass is 538 g/mol. The average molecular weight is 539 g/mol. The number of fused-ring (bicyclic) bond motifs is 5. The Morgan fingerprint density at radius 1 is 0.463 bits per heavy atom. The van der Waals surface area contributed by atoms with Gasteiger partial charge in [0.05, 0.1) is 18.6 Å². The maximum atomic E-state index is 9.28. The molecule has 0 fully saturated rings. The Hall–Kier alpha value is -4.64. The second kappa shape index (κ2) is 10.4. The van der Waals surface area contributed by atoms with Gasteiger partial charge in [-0.2, -0.15) is 0 Å². The van der Waals surface area contributed by atoms with Crippen LogP contribution in [0.3, 0.4) is 0 Å². The first-order valence-electron chi connectivity index (χ1n) is 14.0. The number of hydrogen-bond acceptors (Lipinski definition) is 4. The van der Waals surface area contributed by atoms with Crippen molar-refractivity contribution in [1.82, 2.24) is 0 Å². The molecule has 0 atom stereocenters. The van der Waals surface area contributed by atoms with Crippen molar-refractivity contribution < 1.29 is 19.7 Å². The summed E-state index contributed by atoms with van der Waals surface area (Å²) in [5.41, 5.74) is 6.81. The van der Waals surface area contributed by atoms with E-state index in [4.69, 9.17) is 9.47 Å². The molecule has 0 amide bonds. The summed E-state index contributed by atoms with van der Waals surface area (Å²) in [6.07, 6.45) is 0. The van der Waals surface area contributed by atoms with E-state index in [0.717, 1.165) is 33.0 Å². The van der Waals surface area contributed by atoms with Crippen molar-refractivity contribution >= 4 is 21.5 Å². The van der Waals surface area contributed by atoms with Crippen LogP contribution in [0.25, 0.3) is 32.7 Å². The highest BCUT2D eigenvalue weighted by atomic mass is 16.5. The van der Waals surface area contributed by atoms with Crippen LogP contribution in [0.1, 0.15) is 22.3 Å². The molecule has 7 rings (SSSR count). The van der Waals surface area contributed by atoms with Crippen LogP contribution >= 0.6 is 0 Å². The van der Waals surface area contributed by atoms with Crippen molar-refractivity contribution in [2.24, 2.45) is 0 Å². The van der Waals surface area contributed by atoms with Crippen LogP contribution in [0.2, 0.25) is 0 Å². The molecule has 1 aliphatic rings. The van der Waals surface area contributed by atoms with Crippen molar-refractivity contribution in [2.45, 2.75) is 5.41 Å². The third kappa shape index (κ3) is 3.99. The molecule has 4 nitrogen and oxygen atoms in total. The first-order valence-corrected chi connectivity index (χ1v) is 14.0. The molecule has 0 aromatic heterocycles. The van der Waals surface area contributed by atoms with Crippen LogP contribution < -0.4 is 9.47 Å². The average Bonchev–Trinajstić information content (AvgIpc) is 3.33. The highest BCUT2D eigenvalue weighted by Gasteiger charge is 2.47. The molecule has 0 unspecified atom stereocenters. The van der Waals surface area contributed by atoms with Gasteiger partial charge in [0.2, 0.25) is 0 Å². The number of aliphatic hydroxyl groups is 2. The Kier molecular flexibility index (Phi) is 6.43. The minimum atomic E-state index is -0.576. The molecule has 1 aliphatic carbocycles. The van der Waals surface area contributed by atoms with Crippen molar-refractivity contribution in [3.8, 4) is 22.6 Å². The van der Waals surface area contributed by atoms with Crippen molar-refractivity contribution in [1.29, 1.82) is 0 Å². The van der Waals surface area contributed by atoms with Gasteiger partial charge in [-0.3, -0.25) is 0 Å². The second-order valence-electron chi connectivity index (χ2n) is 10.4. The summed E-state index contributed by atoms with van der Waals surface area (Å²) in [5, 5.41) is 23.0. The Bertz CT molecular complexity index is 1750. The van der Waals surface area contributed by atoms with Gasteiger partial charge in [0.1, 0.15) is 24.7 Å². The summed E-state index contributed by atoms with van der Waals surface area (Å²) in [5.74, 6) is 1.48. The molecule has 0 spiro atoms. The summed E-state index contributed by atoms with van der Waals surface area (Å²) in [4.78, 5) is 0. The number of rotatable bonds is 8. The number of aliphatic hydroxyl groups excluding tert-OH is 2. The summed E-state index contributed by atoms with van der Waals surface area (Å²) in [6.45, 7) is 0.469. The Balaban J connectivity index is 1.58. The Morgan fingerprint density at radius 2 is 0.902 bits per heavy atom. The van der Waals surface area contributed by atoms with Gasteiger partial charge in [-0.25, -0.2) is 0 Å². The zero-order valence-electron chi connectivity index (χ0n) is 22.6. The van der Waals surface area contributed by atoms with Gasteiger partial charge in [-0.1, -0.05) is 97.1 Å². The molecule has 6 aromatic carbocycles. The molecule has 41 heavy (non-hydrogen) atoms. The topological polar surface area (TPSA) is 58.9 Å². The van der Waals surface area contributed by atoms with E-state index in [1.54, 1.807) is 0 Å². The van der Waals surface area contributed by atoms with E-state index in [1.165, 1.54) is 33.4 Å². The summed E-state index contributed by atoms with van der Waals surface area (Å²) in [6, 6.07) is 42.9. The van der Waals surface area contributed by atoms with Crippen LogP contribution in [0, 0.1) is 0 Å². The van der Waals surface area contributed by atoms with E-state index in [9.17, 15) is 10.2 Å². The molecule has 0 radical (unpaired) electrons. The van der Waals surface area contributed by atoms with Gasteiger partial charge in [0, 0.05) is 0 Å². The lowest BCUT2D eigenvalue weighted by Crippen LogP contribution is -2.29. The fraction of sp³-hybridized carbons (Fsp3) is 0.135. The largest absolute Gasteiger partial charge is 0.491 e. The lowest BCUT2D eigenvalue weighted by atomic mass is 9.65. The van der Waals surface area contributed by atoms with Crippen LogP contribution in [-0.4, -0.2) is 36.6 Å². The predicted octanol–water partition coefficient (Wildman–Crippen LogP) is 7.10. The third-order valence-corrected chi connectivity index (χ3v) is 8.18. The molecular weight excluding hydrogens is 508 g/mol. The van der Waals surface area contributed by atoms with E-state index >= 15 is 0 Å². The number of hydrogen-bond donors (Lipinski definition) is 2. The van der Waals surface area contributed by atoms with Gasteiger partial charge in [0.25, 0.3) is 0 Å². The van der Waals surface area contributed by atoms with Gasteiger partial charge < -0.3 is 19.7 Å². The highest BCUT2D eigenvalue weighted by molar-refractivity contribution is 5.99. The fourth-order valence-electron chi connectivity index (χ4n) is 6.64. The minimum Gasteiger partial charge on any atom is -0.491 e. The van der Waals surface area contributed by atoms with E-state index in [1.807, 2.05) is 12.1 Å². The van der Waals surface area contributed by atoms with Gasteiger partial charge >= 0.3 is 0 Å². The lowest BCUT2D eigenvalue weighted by Gasteiger charge is -2.36. The summed E-state index contributed by atoms with van der Waals surface area (Å²) >= 11 is 0. The van der Waals surface area contributed by atoms with Crippen LogP contribution in [0.4, 0.5) is 0 Å². The minimum absolute atomic E-state index is 0.0252. The van der Waals surface area contributed by atoms with E-state index in [2.05, 4.69) is 109 Å². The standard InChI is InChI=1S/C37H30O4/c38-19-21-40-27-15-17-29-25(23-27)7-5-13-33(29)37(35-11-3-1-9-31(35)32-10-2-4-12-36(32)37)34-14-6-8-26-24-28(41-22-20-39)16-18-30(26)34/h1-18,23-24,38-39H,19-22H2. The molecule has 0 bridgehead atoms. The zero-order valence-corrected chi connectivity index (χ0v) is 22.6. The van der Waals surface area contributed by atoms with Crippen molar-refractivity contribution in [3.05, 3.63) is 144 Å². The summed E-state index contributed by atoms with van der Waals surface area (Å²) < 4.78 is 11.5. The maximum Gasteiger partial charge on any atom is 0.120 e. The molecular formula is C37H30O4. The number of benzene rings is 6. The normalized spacial score (nSPS) is 13.2. The fourth-order valence-corrected chi connectivity index (χ4v) is 6.64. The molecule has 202 valence electrons. The van der Waals surface area contributed by atoms with Crippen molar-refractivity contribution in [3.63, 3.8) is 0 Å². The van der Waals surface area contributed by atoms with E-state index in [-0.39, 0.29) is 26.4 Å². The molecule has 4 heteroatoms. The molecule has 0 saturated carbocycles. The molecule has 2 N–H and O–H groups in total. The van der Waals surface area contributed by atoms with Crippen LogP contribution in [0.15, 0.2) is 121 Å². The van der Waals surface area contributed by atoms with Crippen LogP contribution in [-0.2, 0) is 5.41 Å². The van der Waals surface area contributed by atoms with Gasteiger partial charge in [-0.15, -0.1) is 0 Å². The Morgan fingerprint density at radius 3 is 1.37 bits per heavy atom. The molecule has 0 aliphatic heterocycles. The maximum absolute atomic E-state index is 9.28.